The standard InChI is InChI=1S/C14H21N3O2/c1-16-6-2-4-10(8-16)12-9-17-7-3-5-11(14(18)19)13(17)15-12/h9-11H,2-8H2,1H3,(H,18,19). The van der Waals surface area contributed by atoms with Crippen LogP contribution in [0.5, 0.6) is 0 Å². The summed E-state index contributed by atoms with van der Waals surface area (Å²) in [5.41, 5.74) is 1.09. The van der Waals surface area contributed by atoms with Crippen molar-refractivity contribution in [1.82, 2.24) is 14.5 Å². The van der Waals surface area contributed by atoms with Crippen LogP contribution < -0.4 is 0 Å². The molecule has 2 aliphatic heterocycles. The summed E-state index contributed by atoms with van der Waals surface area (Å²) < 4.78 is 2.06. The van der Waals surface area contributed by atoms with Gasteiger partial charge < -0.3 is 14.6 Å². The van der Waals surface area contributed by atoms with Crippen molar-refractivity contribution in [2.45, 2.75) is 44.1 Å². The summed E-state index contributed by atoms with van der Waals surface area (Å²) in [5.74, 6) is 0.0796. The number of rotatable bonds is 2. The number of carboxylic acids is 1. The van der Waals surface area contributed by atoms with E-state index in [1.165, 1.54) is 12.8 Å². The van der Waals surface area contributed by atoms with Crippen molar-refractivity contribution in [2.75, 3.05) is 20.1 Å². The Kier molecular flexibility index (Phi) is 3.31. The van der Waals surface area contributed by atoms with Crippen LogP contribution in [0.4, 0.5) is 0 Å². The number of likely N-dealkylation sites (tertiary alicyclic amines) is 1. The van der Waals surface area contributed by atoms with Crippen LogP contribution in [-0.2, 0) is 11.3 Å². The van der Waals surface area contributed by atoms with Gasteiger partial charge in [0.15, 0.2) is 0 Å². The first-order valence-electron chi connectivity index (χ1n) is 7.13. The number of carboxylic acid groups (broad SMARTS) is 1. The molecule has 3 rings (SSSR count). The highest BCUT2D eigenvalue weighted by molar-refractivity contribution is 5.75. The van der Waals surface area contributed by atoms with Gasteiger partial charge in [0.2, 0.25) is 0 Å². The number of carbonyl (C=O) groups is 1. The largest absolute Gasteiger partial charge is 0.481 e. The Morgan fingerprint density at radius 1 is 1.37 bits per heavy atom. The second kappa shape index (κ2) is 4.96. The van der Waals surface area contributed by atoms with Gasteiger partial charge in [0.1, 0.15) is 11.7 Å². The molecule has 1 aromatic rings. The van der Waals surface area contributed by atoms with Gasteiger partial charge in [0.25, 0.3) is 0 Å². The van der Waals surface area contributed by atoms with Crippen molar-refractivity contribution in [2.24, 2.45) is 0 Å². The van der Waals surface area contributed by atoms with Gasteiger partial charge in [-0.2, -0.15) is 0 Å². The van der Waals surface area contributed by atoms with Gasteiger partial charge in [-0.25, -0.2) is 4.98 Å². The molecular weight excluding hydrogens is 242 g/mol. The average Bonchev–Trinajstić information content (AvgIpc) is 2.82. The monoisotopic (exact) mass is 263 g/mol. The van der Waals surface area contributed by atoms with E-state index in [0.717, 1.165) is 44.0 Å². The van der Waals surface area contributed by atoms with Crippen LogP contribution >= 0.6 is 0 Å². The molecule has 1 N–H and O–H groups in total. The lowest BCUT2D eigenvalue weighted by molar-refractivity contribution is -0.139. The second-order valence-corrected chi connectivity index (χ2v) is 5.85. The molecule has 0 radical (unpaired) electrons. The van der Waals surface area contributed by atoms with E-state index >= 15 is 0 Å². The number of fused-ring (bicyclic) bond motifs is 1. The Balaban J connectivity index is 1.86. The molecule has 5 nitrogen and oxygen atoms in total. The molecule has 19 heavy (non-hydrogen) atoms. The van der Waals surface area contributed by atoms with Gasteiger partial charge >= 0.3 is 5.97 Å². The minimum Gasteiger partial charge on any atom is -0.481 e. The molecule has 1 aromatic heterocycles. The Morgan fingerprint density at radius 3 is 2.89 bits per heavy atom. The summed E-state index contributed by atoms with van der Waals surface area (Å²) in [5, 5.41) is 9.29. The summed E-state index contributed by atoms with van der Waals surface area (Å²) in [4.78, 5) is 18.3. The molecule has 0 aromatic carbocycles. The molecule has 0 amide bonds. The highest BCUT2D eigenvalue weighted by Gasteiger charge is 2.30. The Hall–Kier alpha value is -1.36. The minimum atomic E-state index is -0.737. The predicted octanol–water partition coefficient (Wildman–Crippen LogP) is 1.65. The van der Waals surface area contributed by atoms with Crippen LogP contribution in [0.15, 0.2) is 6.20 Å². The molecule has 2 atom stereocenters. The number of hydrogen-bond donors (Lipinski definition) is 1. The number of aryl methyl sites for hydroxylation is 1. The lowest BCUT2D eigenvalue weighted by Crippen LogP contribution is -2.31. The number of aromatic nitrogens is 2. The van der Waals surface area contributed by atoms with E-state index in [9.17, 15) is 9.90 Å². The van der Waals surface area contributed by atoms with Crippen molar-refractivity contribution < 1.29 is 9.90 Å². The van der Waals surface area contributed by atoms with E-state index in [2.05, 4.69) is 27.7 Å². The minimum absolute atomic E-state index is 0.413. The maximum Gasteiger partial charge on any atom is 0.314 e. The molecule has 0 bridgehead atoms. The first-order valence-corrected chi connectivity index (χ1v) is 7.13. The first-order chi connectivity index (χ1) is 9.15. The SMILES string of the molecule is CN1CCCC(c2cn3c(n2)C(C(=O)O)CCC3)C1. The highest BCUT2D eigenvalue weighted by Crippen LogP contribution is 2.31. The quantitative estimate of drug-likeness (QED) is 0.881. The summed E-state index contributed by atoms with van der Waals surface area (Å²) in [6.07, 6.45) is 6.11. The molecule has 1 fully saturated rings. The molecule has 0 saturated carbocycles. The molecule has 104 valence electrons. The Morgan fingerprint density at radius 2 is 2.16 bits per heavy atom. The maximum absolute atomic E-state index is 11.3. The van der Waals surface area contributed by atoms with E-state index in [1.807, 2.05) is 0 Å². The Labute approximate surface area is 113 Å². The van der Waals surface area contributed by atoms with Gasteiger partial charge in [-0.3, -0.25) is 4.79 Å². The van der Waals surface area contributed by atoms with Gasteiger partial charge in [-0.1, -0.05) is 0 Å². The summed E-state index contributed by atoms with van der Waals surface area (Å²) >= 11 is 0. The number of aliphatic carboxylic acids is 1. The third kappa shape index (κ3) is 2.39. The molecule has 5 heteroatoms. The van der Waals surface area contributed by atoms with Gasteiger partial charge in [-0.15, -0.1) is 0 Å². The topological polar surface area (TPSA) is 58.4 Å². The van der Waals surface area contributed by atoms with E-state index in [-0.39, 0.29) is 0 Å². The van der Waals surface area contributed by atoms with E-state index < -0.39 is 11.9 Å². The van der Waals surface area contributed by atoms with Crippen LogP contribution in [0.1, 0.15) is 49.0 Å². The molecule has 0 spiro atoms. The van der Waals surface area contributed by atoms with Gasteiger partial charge in [0, 0.05) is 25.2 Å². The van der Waals surface area contributed by atoms with Crippen molar-refractivity contribution in [3.8, 4) is 0 Å². The Bertz CT molecular complexity index is 483. The van der Waals surface area contributed by atoms with Crippen molar-refractivity contribution in [3.63, 3.8) is 0 Å². The molecule has 2 aliphatic rings. The number of likely N-dealkylation sites (N-methyl/N-ethyl adjacent to an activating group) is 1. The summed E-state index contributed by atoms with van der Waals surface area (Å²) in [7, 11) is 2.14. The molecular formula is C14H21N3O2. The molecule has 0 aliphatic carbocycles. The van der Waals surface area contributed by atoms with Crippen molar-refractivity contribution in [3.05, 3.63) is 17.7 Å². The zero-order chi connectivity index (χ0) is 13.4. The number of hydrogen-bond acceptors (Lipinski definition) is 3. The summed E-state index contributed by atoms with van der Waals surface area (Å²) in [6.45, 7) is 3.10. The molecule has 2 unspecified atom stereocenters. The number of imidazole rings is 1. The smallest absolute Gasteiger partial charge is 0.314 e. The lowest BCUT2D eigenvalue weighted by atomic mass is 9.96. The van der Waals surface area contributed by atoms with Crippen molar-refractivity contribution >= 4 is 5.97 Å². The van der Waals surface area contributed by atoms with Crippen LogP contribution in [0, 0.1) is 0 Å². The third-order valence-electron chi connectivity index (χ3n) is 4.37. The predicted molar refractivity (Wildman–Crippen MR) is 71.3 cm³/mol. The summed E-state index contributed by atoms with van der Waals surface area (Å²) in [6, 6.07) is 0. The fourth-order valence-electron chi connectivity index (χ4n) is 3.34. The van der Waals surface area contributed by atoms with Crippen LogP contribution in [0.2, 0.25) is 0 Å². The first kappa shape index (κ1) is 12.7. The molecule has 3 heterocycles. The van der Waals surface area contributed by atoms with Gasteiger partial charge in [-0.05, 0) is 39.3 Å². The van der Waals surface area contributed by atoms with Crippen LogP contribution in [0.3, 0.4) is 0 Å². The van der Waals surface area contributed by atoms with E-state index in [4.69, 9.17) is 0 Å². The van der Waals surface area contributed by atoms with Crippen molar-refractivity contribution in [1.29, 1.82) is 0 Å². The zero-order valence-corrected chi connectivity index (χ0v) is 11.4. The van der Waals surface area contributed by atoms with Crippen LogP contribution in [0.25, 0.3) is 0 Å². The van der Waals surface area contributed by atoms with Crippen LogP contribution in [-0.4, -0.2) is 45.7 Å². The third-order valence-corrected chi connectivity index (χ3v) is 4.37. The second-order valence-electron chi connectivity index (χ2n) is 5.85. The molecule has 1 saturated heterocycles. The average molecular weight is 263 g/mol. The fraction of sp³-hybridized carbons (Fsp3) is 0.714. The highest BCUT2D eigenvalue weighted by atomic mass is 16.4. The zero-order valence-electron chi connectivity index (χ0n) is 11.4. The van der Waals surface area contributed by atoms with E-state index in [1.54, 1.807) is 0 Å². The number of nitrogens with zero attached hydrogens (tertiary/aromatic N) is 3. The van der Waals surface area contributed by atoms with Gasteiger partial charge in [0.05, 0.1) is 5.69 Å². The van der Waals surface area contributed by atoms with E-state index in [0.29, 0.717) is 5.92 Å². The maximum atomic E-state index is 11.3. The normalized spacial score (nSPS) is 28.1. The fourth-order valence-corrected chi connectivity index (χ4v) is 3.34. The lowest BCUT2D eigenvalue weighted by Gasteiger charge is -2.28. The number of piperidine rings is 1.